The van der Waals surface area contributed by atoms with Crippen molar-refractivity contribution in [3.05, 3.63) is 89.7 Å². The van der Waals surface area contributed by atoms with Gasteiger partial charge in [0.15, 0.2) is 0 Å². The number of nitrogens with two attached hydrogens (primary N) is 1. The summed E-state index contributed by atoms with van der Waals surface area (Å²) in [4.78, 5) is 12.6. The highest BCUT2D eigenvalue weighted by Crippen LogP contribution is 2.36. The van der Waals surface area contributed by atoms with Crippen LogP contribution in [-0.4, -0.2) is 16.1 Å². The zero-order chi connectivity index (χ0) is 16.1. The molecular weight excluding hydrogens is 286 g/mol. The van der Waals surface area contributed by atoms with E-state index in [-0.39, 0.29) is 5.91 Å². The summed E-state index contributed by atoms with van der Waals surface area (Å²) in [5, 5.41) is 7.00. The minimum absolute atomic E-state index is 0.342. The van der Waals surface area contributed by atoms with Crippen LogP contribution in [0.3, 0.4) is 0 Å². The number of primary amides is 1. The molecule has 2 aromatic carbocycles. The molecule has 23 heavy (non-hydrogen) atoms. The zero-order valence-electron chi connectivity index (χ0n) is 12.8. The lowest BCUT2D eigenvalue weighted by molar-refractivity contribution is -0.122. The van der Waals surface area contributed by atoms with Gasteiger partial charge in [0.05, 0.1) is 11.1 Å². The van der Waals surface area contributed by atoms with Crippen molar-refractivity contribution in [3.63, 3.8) is 0 Å². The molecule has 0 bridgehead atoms. The van der Waals surface area contributed by atoms with Crippen LogP contribution < -0.4 is 5.73 Å². The molecule has 0 saturated carbocycles. The standard InChI is InChI=1S/C19H19N3O/c20-18(23)19(15-7-3-1-4-8-15,16-9-5-2-6-10-16)13-11-17-12-14-21-22-17/h1-10,12,14H,11,13H2,(H2,20,23)(H,21,22). The van der Waals surface area contributed by atoms with Crippen LogP contribution in [0.4, 0.5) is 0 Å². The predicted molar refractivity (Wildman–Crippen MR) is 89.8 cm³/mol. The maximum absolute atomic E-state index is 12.6. The summed E-state index contributed by atoms with van der Waals surface area (Å²) in [5.41, 5.74) is 7.79. The summed E-state index contributed by atoms with van der Waals surface area (Å²) in [6.45, 7) is 0. The van der Waals surface area contributed by atoms with Crippen LogP contribution in [-0.2, 0) is 16.6 Å². The molecule has 0 saturated heterocycles. The van der Waals surface area contributed by atoms with Crippen LogP contribution in [0.1, 0.15) is 23.2 Å². The van der Waals surface area contributed by atoms with Crippen LogP contribution in [0.5, 0.6) is 0 Å². The largest absolute Gasteiger partial charge is 0.369 e. The molecule has 1 aromatic heterocycles. The molecule has 0 fully saturated rings. The van der Waals surface area contributed by atoms with E-state index in [0.717, 1.165) is 16.8 Å². The molecule has 0 unspecified atom stereocenters. The maximum Gasteiger partial charge on any atom is 0.232 e. The number of carbonyl (C=O) groups excluding carboxylic acids is 1. The van der Waals surface area contributed by atoms with E-state index in [1.54, 1.807) is 6.20 Å². The molecule has 3 aromatic rings. The first-order valence-corrected chi connectivity index (χ1v) is 7.63. The Morgan fingerprint density at radius 2 is 1.52 bits per heavy atom. The lowest BCUT2D eigenvalue weighted by atomic mass is 9.70. The van der Waals surface area contributed by atoms with Crippen LogP contribution in [0.2, 0.25) is 0 Å². The van der Waals surface area contributed by atoms with Gasteiger partial charge in [-0.2, -0.15) is 5.10 Å². The number of amides is 1. The van der Waals surface area contributed by atoms with Crippen LogP contribution in [0.15, 0.2) is 72.9 Å². The number of H-pyrrole nitrogens is 1. The van der Waals surface area contributed by atoms with Crippen molar-refractivity contribution in [1.29, 1.82) is 0 Å². The van der Waals surface area contributed by atoms with Gasteiger partial charge in [0.25, 0.3) is 0 Å². The lowest BCUT2D eigenvalue weighted by Gasteiger charge is -2.32. The summed E-state index contributed by atoms with van der Waals surface area (Å²) >= 11 is 0. The van der Waals surface area contributed by atoms with E-state index in [1.807, 2.05) is 66.7 Å². The summed E-state index contributed by atoms with van der Waals surface area (Å²) < 4.78 is 0. The quantitative estimate of drug-likeness (QED) is 0.735. The lowest BCUT2D eigenvalue weighted by Crippen LogP contribution is -2.42. The number of benzene rings is 2. The molecule has 0 radical (unpaired) electrons. The average Bonchev–Trinajstić information content (AvgIpc) is 3.11. The molecule has 1 heterocycles. The van der Waals surface area contributed by atoms with Gasteiger partial charge in [0.2, 0.25) is 5.91 Å². The average molecular weight is 305 g/mol. The second-order valence-corrected chi connectivity index (χ2v) is 5.57. The Kier molecular flexibility index (Phi) is 4.24. The first kappa shape index (κ1) is 15.0. The first-order valence-electron chi connectivity index (χ1n) is 7.63. The maximum atomic E-state index is 12.6. The molecule has 116 valence electrons. The molecular formula is C19H19N3O. The number of hydrogen-bond donors (Lipinski definition) is 2. The van der Waals surface area contributed by atoms with E-state index in [9.17, 15) is 4.79 Å². The molecule has 3 N–H and O–H groups in total. The van der Waals surface area contributed by atoms with Gasteiger partial charge in [-0.25, -0.2) is 0 Å². The van der Waals surface area contributed by atoms with Crippen molar-refractivity contribution in [2.24, 2.45) is 5.73 Å². The monoisotopic (exact) mass is 305 g/mol. The van der Waals surface area contributed by atoms with E-state index >= 15 is 0 Å². The molecule has 3 rings (SSSR count). The molecule has 0 aliphatic heterocycles. The zero-order valence-corrected chi connectivity index (χ0v) is 12.8. The van der Waals surface area contributed by atoms with E-state index < -0.39 is 5.41 Å². The van der Waals surface area contributed by atoms with Crippen LogP contribution in [0, 0.1) is 0 Å². The Hall–Kier alpha value is -2.88. The number of aryl methyl sites for hydroxylation is 1. The third kappa shape index (κ3) is 2.88. The van der Waals surface area contributed by atoms with Gasteiger partial charge in [-0.05, 0) is 30.0 Å². The van der Waals surface area contributed by atoms with E-state index in [4.69, 9.17) is 5.73 Å². The van der Waals surface area contributed by atoms with E-state index in [0.29, 0.717) is 12.8 Å². The molecule has 0 spiro atoms. The second kappa shape index (κ2) is 6.48. The number of rotatable bonds is 6. The Morgan fingerprint density at radius 1 is 0.957 bits per heavy atom. The fourth-order valence-corrected chi connectivity index (χ4v) is 3.05. The van der Waals surface area contributed by atoms with Gasteiger partial charge in [-0.15, -0.1) is 0 Å². The van der Waals surface area contributed by atoms with Gasteiger partial charge in [0, 0.05) is 6.20 Å². The van der Waals surface area contributed by atoms with Crippen molar-refractivity contribution in [3.8, 4) is 0 Å². The summed E-state index contributed by atoms with van der Waals surface area (Å²) in [7, 11) is 0. The molecule has 4 heteroatoms. The topological polar surface area (TPSA) is 71.8 Å². The number of nitrogens with one attached hydrogen (secondary N) is 1. The van der Waals surface area contributed by atoms with E-state index in [1.165, 1.54) is 0 Å². The number of nitrogens with zero attached hydrogens (tertiary/aromatic N) is 1. The Balaban J connectivity index is 2.08. The minimum atomic E-state index is -0.860. The van der Waals surface area contributed by atoms with Crippen LogP contribution in [0.25, 0.3) is 0 Å². The predicted octanol–water partition coefficient (Wildman–Crippen LogP) is 2.81. The Labute approximate surface area is 135 Å². The minimum Gasteiger partial charge on any atom is -0.369 e. The smallest absolute Gasteiger partial charge is 0.232 e. The highest BCUT2D eigenvalue weighted by atomic mass is 16.1. The normalized spacial score (nSPS) is 11.3. The SMILES string of the molecule is NC(=O)C(CCc1cc[nH]n1)(c1ccccc1)c1ccccc1. The van der Waals surface area contributed by atoms with Gasteiger partial charge >= 0.3 is 0 Å². The van der Waals surface area contributed by atoms with Gasteiger partial charge in [-0.3, -0.25) is 9.89 Å². The molecule has 0 aliphatic carbocycles. The highest BCUT2D eigenvalue weighted by Gasteiger charge is 2.40. The number of hydrogen-bond acceptors (Lipinski definition) is 2. The summed E-state index contributed by atoms with van der Waals surface area (Å²) in [6, 6.07) is 21.4. The molecule has 0 aliphatic rings. The summed E-state index contributed by atoms with van der Waals surface area (Å²) in [6.07, 6.45) is 3.02. The van der Waals surface area contributed by atoms with Gasteiger partial charge < -0.3 is 5.73 Å². The van der Waals surface area contributed by atoms with Crippen LogP contribution >= 0.6 is 0 Å². The Bertz CT molecular complexity index is 712. The first-order chi connectivity index (χ1) is 11.2. The van der Waals surface area contributed by atoms with Gasteiger partial charge in [-0.1, -0.05) is 60.7 Å². The van der Waals surface area contributed by atoms with Crippen molar-refractivity contribution in [2.45, 2.75) is 18.3 Å². The number of carbonyl (C=O) groups is 1. The second-order valence-electron chi connectivity index (χ2n) is 5.57. The Morgan fingerprint density at radius 3 is 1.96 bits per heavy atom. The van der Waals surface area contributed by atoms with Crippen molar-refractivity contribution >= 4 is 5.91 Å². The number of aromatic nitrogens is 2. The summed E-state index contributed by atoms with van der Waals surface area (Å²) in [5.74, 6) is -0.342. The molecule has 1 amide bonds. The van der Waals surface area contributed by atoms with Crippen molar-refractivity contribution in [1.82, 2.24) is 10.2 Å². The van der Waals surface area contributed by atoms with Gasteiger partial charge in [0.1, 0.15) is 0 Å². The van der Waals surface area contributed by atoms with Crippen molar-refractivity contribution in [2.75, 3.05) is 0 Å². The highest BCUT2D eigenvalue weighted by molar-refractivity contribution is 5.90. The third-order valence-electron chi connectivity index (χ3n) is 4.27. The third-order valence-corrected chi connectivity index (χ3v) is 4.27. The number of aromatic amines is 1. The van der Waals surface area contributed by atoms with E-state index in [2.05, 4.69) is 10.2 Å². The molecule has 0 atom stereocenters. The fraction of sp³-hybridized carbons (Fsp3) is 0.158. The van der Waals surface area contributed by atoms with Crippen molar-refractivity contribution < 1.29 is 4.79 Å². The fourth-order valence-electron chi connectivity index (χ4n) is 3.05. The molecule has 4 nitrogen and oxygen atoms in total.